The van der Waals surface area contributed by atoms with E-state index in [4.69, 9.17) is 4.74 Å². The highest BCUT2D eigenvalue weighted by atomic mass is 16.5. The van der Waals surface area contributed by atoms with Crippen molar-refractivity contribution in [2.75, 3.05) is 4.90 Å². The quantitative estimate of drug-likeness (QED) is 0.316. The second kappa shape index (κ2) is 9.33. The Morgan fingerprint density at radius 3 is 2.00 bits per heavy atom. The number of aldehydes is 1. The van der Waals surface area contributed by atoms with E-state index in [1.165, 1.54) is 13.0 Å². The molecule has 0 atom stereocenters. The molecule has 0 N–H and O–H groups in total. The maximum atomic E-state index is 11.0. The van der Waals surface area contributed by atoms with Crippen molar-refractivity contribution in [2.24, 2.45) is 0 Å². The van der Waals surface area contributed by atoms with Gasteiger partial charge in [0.1, 0.15) is 12.9 Å². The number of carbonyl (C=O) groups is 2. The predicted molar refractivity (Wildman–Crippen MR) is 112 cm³/mol. The minimum Gasteiger partial charge on any atom is -0.461 e. The first-order valence-corrected chi connectivity index (χ1v) is 8.97. The molecule has 0 spiro atoms. The van der Waals surface area contributed by atoms with Gasteiger partial charge in [-0.25, -0.2) is 0 Å². The van der Waals surface area contributed by atoms with E-state index < -0.39 is 0 Å². The van der Waals surface area contributed by atoms with Crippen LogP contribution in [0.4, 0.5) is 17.1 Å². The Bertz CT molecular complexity index is 945. The molecule has 3 rings (SSSR count). The molecule has 0 saturated heterocycles. The van der Waals surface area contributed by atoms with Crippen LogP contribution in [0.1, 0.15) is 18.1 Å². The zero-order chi connectivity index (χ0) is 19.8. The van der Waals surface area contributed by atoms with Crippen LogP contribution in [0.25, 0.3) is 6.08 Å². The highest BCUT2D eigenvalue weighted by Crippen LogP contribution is 2.34. The van der Waals surface area contributed by atoms with Gasteiger partial charge in [0.25, 0.3) is 0 Å². The molecule has 4 heteroatoms. The fourth-order valence-corrected chi connectivity index (χ4v) is 2.84. The molecule has 0 heterocycles. The van der Waals surface area contributed by atoms with Gasteiger partial charge in [-0.3, -0.25) is 9.59 Å². The maximum absolute atomic E-state index is 11.0. The van der Waals surface area contributed by atoms with Crippen molar-refractivity contribution in [3.63, 3.8) is 0 Å². The number of esters is 1. The van der Waals surface area contributed by atoms with Crippen LogP contribution in [-0.2, 0) is 20.9 Å². The van der Waals surface area contributed by atoms with E-state index in [9.17, 15) is 9.59 Å². The molecular weight excluding hydrogens is 350 g/mol. The summed E-state index contributed by atoms with van der Waals surface area (Å²) in [7, 11) is 0. The summed E-state index contributed by atoms with van der Waals surface area (Å²) in [6.45, 7) is 1.66. The van der Waals surface area contributed by atoms with E-state index >= 15 is 0 Å². The Kier molecular flexibility index (Phi) is 6.37. The standard InChI is InChI=1S/C24H21NO3/c1-19(27)28-18-21-11-15-24(16-12-21)25(22-7-3-2-4-8-22)23-13-9-20(10-14-23)6-5-17-26/h2-17H,18H2,1H3. The number of allylic oxidation sites excluding steroid dienone is 1. The zero-order valence-electron chi connectivity index (χ0n) is 15.6. The molecule has 4 nitrogen and oxygen atoms in total. The lowest BCUT2D eigenvalue weighted by Gasteiger charge is -2.25. The summed E-state index contributed by atoms with van der Waals surface area (Å²) < 4.78 is 5.06. The van der Waals surface area contributed by atoms with Gasteiger partial charge in [0.2, 0.25) is 0 Å². The van der Waals surface area contributed by atoms with Gasteiger partial charge in [0.15, 0.2) is 0 Å². The number of hydrogen-bond acceptors (Lipinski definition) is 4. The van der Waals surface area contributed by atoms with Crippen molar-refractivity contribution in [3.05, 3.63) is 96.1 Å². The molecule has 3 aromatic carbocycles. The second-order valence-corrected chi connectivity index (χ2v) is 6.20. The van der Waals surface area contributed by atoms with Crippen LogP contribution in [0, 0.1) is 0 Å². The molecule has 0 aromatic heterocycles. The number of benzene rings is 3. The summed E-state index contributed by atoms with van der Waals surface area (Å²) in [6.07, 6.45) is 4.01. The Morgan fingerprint density at radius 2 is 1.43 bits per heavy atom. The first-order chi connectivity index (χ1) is 13.7. The fraction of sp³-hybridized carbons (Fsp3) is 0.0833. The van der Waals surface area contributed by atoms with Gasteiger partial charge >= 0.3 is 5.97 Å². The van der Waals surface area contributed by atoms with Gasteiger partial charge in [-0.2, -0.15) is 0 Å². The van der Waals surface area contributed by atoms with Gasteiger partial charge in [0, 0.05) is 24.0 Å². The third-order valence-corrected chi connectivity index (χ3v) is 4.17. The smallest absolute Gasteiger partial charge is 0.302 e. The molecule has 0 unspecified atom stereocenters. The van der Waals surface area contributed by atoms with Gasteiger partial charge in [-0.15, -0.1) is 0 Å². The number of para-hydroxylation sites is 1. The Balaban J connectivity index is 1.93. The van der Waals surface area contributed by atoms with Crippen LogP contribution in [0.5, 0.6) is 0 Å². The molecule has 0 fully saturated rings. The fourth-order valence-electron chi connectivity index (χ4n) is 2.84. The average Bonchev–Trinajstić information content (AvgIpc) is 2.73. The van der Waals surface area contributed by atoms with Gasteiger partial charge in [-0.05, 0) is 53.6 Å². The highest BCUT2D eigenvalue weighted by molar-refractivity contribution is 5.78. The number of anilines is 3. The van der Waals surface area contributed by atoms with Crippen molar-refractivity contribution >= 4 is 35.4 Å². The first-order valence-electron chi connectivity index (χ1n) is 8.97. The van der Waals surface area contributed by atoms with Crippen LogP contribution in [0.15, 0.2) is 84.9 Å². The van der Waals surface area contributed by atoms with Gasteiger partial charge in [0.05, 0.1) is 0 Å². The van der Waals surface area contributed by atoms with E-state index in [0.29, 0.717) is 0 Å². The molecule has 140 valence electrons. The van der Waals surface area contributed by atoms with Crippen LogP contribution < -0.4 is 4.90 Å². The molecule has 28 heavy (non-hydrogen) atoms. The monoisotopic (exact) mass is 371 g/mol. The summed E-state index contributed by atoms with van der Waals surface area (Å²) in [5, 5.41) is 0. The Labute approximate surface area is 164 Å². The molecule has 0 radical (unpaired) electrons. The molecule has 0 saturated carbocycles. The van der Waals surface area contributed by atoms with E-state index in [1.54, 1.807) is 6.08 Å². The van der Waals surface area contributed by atoms with Gasteiger partial charge < -0.3 is 9.64 Å². The third kappa shape index (κ3) is 4.95. The molecule has 0 bridgehead atoms. The van der Waals surface area contributed by atoms with Crippen LogP contribution in [-0.4, -0.2) is 12.3 Å². The number of hydrogen-bond donors (Lipinski definition) is 0. The summed E-state index contributed by atoms with van der Waals surface area (Å²) >= 11 is 0. The normalized spacial score (nSPS) is 10.6. The van der Waals surface area contributed by atoms with Gasteiger partial charge in [-0.1, -0.05) is 48.5 Å². The van der Waals surface area contributed by atoms with E-state index in [1.807, 2.05) is 78.9 Å². The number of nitrogens with zero attached hydrogens (tertiary/aromatic N) is 1. The molecule has 3 aromatic rings. The number of carbonyl (C=O) groups excluding carboxylic acids is 2. The number of rotatable bonds is 7. The minimum atomic E-state index is -0.293. The molecule has 0 aliphatic heterocycles. The summed E-state index contributed by atoms with van der Waals surface area (Å²) in [5.74, 6) is -0.293. The van der Waals surface area contributed by atoms with Crippen molar-refractivity contribution in [1.82, 2.24) is 0 Å². The molecule has 0 amide bonds. The lowest BCUT2D eigenvalue weighted by molar-refractivity contribution is -0.142. The van der Waals surface area contributed by atoms with Crippen LogP contribution in [0.2, 0.25) is 0 Å². The van der Waals surface area contributed by atoms with Crippen molar-refractivity contribution in [1.29, 1.82) is 0 Å². The molecule has 0 aliphatic carbocycles. The van der Waals surface area contributed by atoms with E-state index in [-0.39, 0.29) is 12.6 Å². The highest BCUT2D eigenvalue weighted by Gasteiger charge is 2.12. The Morgan fingerprint density at radius 1 is 0.857 bits per heavy atom. The largest absolute Gasteiger partial charge is 0.461 e. The average molecular weight is 371 g/mol. The second-order valence-electron chi connectivity index (χ2n) is 6.20. The maximum Gasteiger partial charge on any atom is 0.302 e. The van der Waals surface area contributed by atoms with Crippen molar-refractivity contribution in [2.45, 2.75) is 13.5 Å². The van der Waals surface area contributed by atoms with Crippen LogP contribution in [0.3, 0.4) is 0 Å². The van der Waals surface area contributed by atoms with Crippen molar-refractivity contribution < 1.29 is 14.3 Å². The lowest BCUT2D eigenvalue weighted by Crippen LogP contribution is -2.10. The lowest BCUT2D eigenvalue weighted by atomic mass is 10.1. The zero-order valence-corrected chi connectivity index (χ0v) is 15.6. The first kappa shape index (κ1) is 19.1. The van der Waals surface area contributed by atoms with Crippen LogP contribution >= 0.6 is 0 Å². The van der Waals surface area contributed by atoms with E-state index in [2.05, 4.69) is 4.90 Å². The summed E-state index contributed by atoms with van der Waals surface area (Å²) in [4.78, 5) is 23.7. The van der Waals surface area contributed by atoms with Crippen molar-refractivity contribution in [3.8, 4) is 0 Å². The third-order valence-electron chi connectivity index (χ3n) is 4.17. The summed E-state index contributed by atoms with van der Waals surface area (Å²) in [5.41, 5.74) is 4.92. The minimum absolute atomic E-state index is 0.263. The SMILES string of the molecule is CC(=O)OCc1ccc(N(c2ccccc2)c2ccc(C=CC=O)cc2)cc1. The Hall–Kier alpha value is -3.66. The number of ether oxygens (including phenoxy) is 1. The predicted octanol–water partition coefficient (Wildman–Crippen LogP) is 5.43. The topological polar surface area (TPSA) is 46.6 Å². The van der Waals surface area contributed by atoms with E-state index in [0.717, 1.165) is 34.5 Å². The summed E-state index contributed by atoms with van der Waals surface area (Å²) in [6, 6.07) is 26.0. The molecule has 0 aliphatic rings. The molecular formula is C24H21NO3.